The van der Waals surface area contributed by atoms with Crippen LogP contribution in [0.15, 0.2) is 24.4 Å². The molecule has 1 N–H and O–H groups in total. The van der Waals surface area contributed by atoms with E-state index in [4.69, 9.17) is 9.47 Å². The summed E-state index contributed by atoms with van der Waals surface area (Å²) in [5.74, 6) is -0.632. The second kappa shape index (κ2) is 10.3. The Morgan fingerprint density at radius 3 is 2.74 bits per heavy atom. The molecule has 0 aliphatic carbocycles. The molecule has 5 rings (SSSR count). The number of anilines is 1. The zero-order valence-electron chi connectivity index (χ0n) is 20.5. The van der Waals surface area contributed by atoms with Crippen molar-refractivity contribution in [1.82, 2.24) is 34.5 Å². The van der Waals surface area contributed by atoms with Gasteiger partial charge in [-0.15, -0.1) is 10.2 Å². The fourth-order valence-corrected chi connectivity index (χ4v) is 4.63. The molecule has 38 heavy (non-hydrogen) atoms. The molecular formula is C23H25F5N8O2. The molecule has 1 saturated heterocycles. The maximum absolute atomic E-state index is 15.2. The summed E-state index contributed by atoms with van der Waals surface area (Å²) >= 11 is 0. The Hall–Kier alpha value is -3.59. The van der Waals surface area contributed by atoms with E-state index in [1.54, 1.807) is 7.11 Å². The van der Waals surface area contributed by atoms with E-state index in [9.17, 15) is 17.6 Å². The first-order chi connectivity index (χ1) is 18.2. The fourth-order valence-electron chi connectivity index (χ4n) is 4.63. The number of nitrogens with one attached hydrogen (secondary N) is 1. The predicted octanol–water partition coefficient (Wildman–Crippen LogP) is 3.32. The average molecular weight is 540 g/mol. The molecule has 2 atom stereocenters. The van der Waals surface area contributed by atoms with Crippen LogP contribution in [0, 0.1) is 5.82 Å². The number of likely N-dealkylation sites (tertiary alicyclic amines) is 1. The number of aromatic nitrogens is 6. The van der Waals surface area contributed by atoms with Crippen LogP contribution in [0.3, 0.4) is 0 Å². The van der Waals surface area contributed by atoms with Gasteiger partial charge in [0.05, 0.1) is 37.0 Å². The van der Waals surface area contributed by atoms with Gasteiger partial charge in [-0.25, -0.2) is 18.0 Å². The van der Waals surface area contributed by atoms with Gasteiger partial charge in [-0.1, -0.05) is 11.3 Å². The number of benzene rings is 1. The van der Waals surface area contributed by atoms with Crippen LogP contribution in [0.2, 0.25) is 0 Å². The van der Waals surface area contributed by atoms with E-state index in [0.717, 1.165) is 6.20 Å². The van der Waals surface area contributed by atoms with Gasteiger partial charge in [0.1, 0.15) is 23.7 Å². The second-order valence-electron chi connectivity index (χ2n) is 9.00. The molecule has 0 bridgehead atoms. The molecule has 3 aromatic heterocycles. The molecule has 1 aromatic carbocycles. The van der Waals surface area contributed by atoms with Gasteiger partial charge < -0.3 is 14.8 Å². The molecule has 0 amide bonds. The van der Waals surface area contributed by atoms with Gasteiger partial charge in [0.2, 0.25) is 11.8 Å². The number of piperidine rings is 1. The van der Waals surface area contributed by atoms with Crippen molar-refractivity contribution in [3.05, 3.63) is 30.2 Å². The summed E-state index contributed by atoms with van der Waals surface area (Å²) in [6, 6.07) is 3.79. The third-order valence-corrected chi connectivity index (χ3v) is 6.43. The number of fused-ring (bicyclic) bond motifs is 2. The van der Waals surface area contributed by atoms with E-state index < -0.39 is 30.8 Å². The third-order valence-electron chi connectivity index (χ3n) is 6.43. The molecule has 1 aliphatic heterocycles. The fraction of sp³-hybridized carbons (Fsp3) is 0.478. The topological polar surface area (TPSA) is 94.6 Å². The highest BCUT2D eigenvalue weighted by Gasteiger charge is 2.31. The predicted molar refractivity (Wildman–Crippen MR) is 127 cm³/mol. The molecule has 0 spiro atoms. The zero-order valence-corrected chi connectivity index (χ0v) is 20.5. The van der Waals surface area contributed by atoms with Gasteiger partial charge in [0.15, 0.2) is 5.82 Å². The molecule has 4 aromatic rings. The molecule has 0 unspecified atom stereocenters. The van der Waals surface area contributed by atoms with Crippen molar-refractivity contribution in [2.24, 2.45) is 0 Å². The van der Waals surface area contributed by atoms with Crippen LogP contribution in [0.25, 0.3) is 27.7 Å². The Balaban J connectivity index is 1.46. The van der Waals surface area contributed by atoms with Crippen molar-refractivity contribution in [3.8, 4) is 17.0 Å². The highest BCUT2D eigenvalue weighted by atomic mass is 19.4. The van der Waals surface area contributed by atoms with E-state index >= 15 is 4.39 Å². The summed E-state index contributed by atoms with van der Waals surface area (Å²) in [6.07, 6.45) is -4.09. The maximum Gasteiger partial charge on any atom is 0.408 e. The average Bonchev–Trinajstić information content (AvgIpc) is 3.41. The van der Waals surface area contributed by atoms with Gasteiger partial charge in [0.25, 0.3) is 0 Å². The Kier molecular flexibility index (Phi) is 7.05. The van der Waals surface area contributed by atoms with Crippen LogP contribution in [0.5, 0.6) is 5.88 Å². The van der Waals surface area contributed by atoms with Crippen molar-refractivity contribution >= 4 is 22.5 Å². The number of hydrogen-bond donors (Lipinski definition) is 1. The van der Waals surface area contributed by atoms with Gasteiger partial charge >= 0.3 is 6.18 Å². The van der Waals surface area contributed by atoms with E-state index in [0.29, 0.717) is 30.8 Å². The smallest absolute Gasteiger partial charge is 0.408 e. The number of ether oxygens (including phenoxy) is 2. The number of hydrogen-bond acceptors (Lipinski definition) is 8. The molecule has 10 nitrogen and oxygen atoms in total. The number of alkyl halides is 4. The minimum atomic E-state index is -4.51. The molecule has 204 valence electrons. The van der Waals surface area contributed by atoms with Crippen LogP contribution in [-0.2, 0) is 11.3 Å². The number of nitrogens with zero attached hydrogens (tertiary/aromatic N) is 7. The Morgan fingerprint density at radius 1 is 1.21 bits per heavy atom. The summed E-state index contributed by atoms with van der Waals surface area (Å²) in [5.41, 5.74) is 0.770. The number of halogens is 5. The molecule has 1 fully saturated rings. The number of rotatable bonds is 8. The third kappa shape index (κ3) is 5.20. The highest BCUT2D eigenvalue weighted by Crippen LogP contribution is 2.35. The van der Waals surface area contributed by atoms with Crippen LogP contribution < -0.4 is 10.1 Å². The van der Waals surface area contributed by atoms with Crippen LogP contribution in [0.4, 0.5) is 27.9 Å². The lowest BCUT2D eigenvalue weighted by Crippen LogP contribution is -2.48. The number of methoxy groups -OCH3 is 2. The summed E-state index contributed by atoms with van der Waals surface area (Å²) in [4.78, 5) is 6.29. The summed E-state index contributed by atoms with van der Waals surface area (Å²) in [5, 5.41) is 14.6. The summed E-state index contributed by atoms with van der Waals surface area (Å²) in [6.45, 7) is 0.687. The standard InChI is InChI=1S/C23H25F5N8O2/c1-37-8-7-34-6-5-16(14(24)10-34)29-22-30-21(38-2)20-19(15(25)11-35(20)32-22)13-3-4-17-18(9-13)36(33-31-17)12-23(26,27)28/h3-4,9,11,14,16H,5-8,10,12H2,1-2H3,(H,29,32)/t14-,16+/m1/s1. The second-order valence-corrected chi connectivity index (χ2v) is 9.00. The first-order valence-corrected chi connectivity index (χ1v) is 11.8. The first-order valence-electron chi connectivity index (χ1n) is 11.8. The minimum absolute atomic E-state index is 0.0105. The van der Waals surface area contributed by atoms with Crippen molar-refractivity contribution in [1.29, 1.82) is 0 Å². The quantitative estimate of drug-likeness (QED) is 0.340. The molecule has 15 heteroatoms. The SMILES string of the molecule is COCCN1CC[C@H](Nc2nc(OC)c3c(-c4ccc5nnn(CC(F)(F)F)c5c4)c(F)cn3n2)[C@H](F)C1. The maximum atomic E-state index is 15.2. The molecule has 0 radical (unpaired) electrons. The molecule has 4 heterocycles. The molecular weight excluding hydrogens is 515 g/mol. The minimum Gasteiger partial charge on any atom is -0.479 e. The first kappa shape index (κ1) is 26.0. The van der Waals surface area contributed by atoms with Crippen molar-refractivity contribution in [2.45, 2.75) is 31.4 Å². The van der Waals surface area contributed by atoms with E-state index in [1.165, 1.54) is 29.8 Å². The van der Waals surface area contributed by atoms with Gasteiger partial charge in [0, 0.05) is 26.7 Å². The zero-order chi connectivity index (χ0) is 27.0. The van der Waals surface area contributed by atoms with Crippen LogP contribution in [0.1, 0.15) is 6.42 Å². The van der Waals surface area contributed by atoms with E-state index in [-0.39, 0.29) is 46.1 Å². The monoisotopic (exact) mass is 540 g/mol. The van der Waals surface area contributed by atoms with Crippen LogP contribution in [-0.4, -0.2) is 93.3 Å². The largest absolute Gasteiger partial charge is 0.479 e. The van der Waals surface area contributed by atoms with Crippen molar-refractivity contribution in [2.75, 3.05) is 45.8 Å². The van der Waals surface area contributed by atoms with E-state index in [1.807, 2.05) is 4.90 Å². The summed E-state index contributed by atoms with van der Waals surface area (Å²) in [7, 11) is 2.94. The molecule has 1 aliphatic rings. The Labute approximate surface area is 213 Å². The lowest BCUT2D eigenvalue weighted by atomic mass is 10.0. The van der Waals surface area contributed by atoms with Gasteiger partial charge in [-0.3, -0.25) is 4.90 Å². The normalized spacial score (nSPS) is 18.9. The van der Waals surface area contributed by atoms with Crippen LogP contribution >= 0.6 is 0 Å². The van der Waals surface area contributed by atoms with Gasteiger partial charge in [-0.05, 0) is 24.1 Å². The van der Waals surface area contributed by atoms with Crippen molar-refractivity contribution < 1.29 is 31.4 Å². The molecule has 0 saturated carbocycles. The van der Waals surface area contributed by atoms with Gasteiger partial charge in [-0.2, -0.15) is 18.2 Å². The van der Waals surface area contributed by atoms with E-state index in [2.05, 4.69) is 25.7 Å². The van der Waals surface area contributed by atoms with Crippen molar-refractivity contribution in [3.63, 3.8) is 0 Å². The summed E-state index contributed by atoms with van der Waals surface area (Å²) < 4.78 is 81.4. The highest BCUT2D eigenvalue weighted by molar-refractivity contribution is 5.89. The Bertz CT molecular complexity index is 1440. The lowest BCUT2D eigenvalue weighted by Gasteiger charge is -2.34. The Morgan fingerprint density at radius 2 is 2.03 bits per heavy atom. The lowest BCUT2D eigenvalue weighted by molar-refractivity contribution is -0.142.